The number of likely N-dealkylation sites (N-methyl/N-ethyl adjacent to an activating group) is 1. The Morgan fingerprint density at radius 3 is 2.33 bits per heavy atom. The normalized spacial score (nSPS) is 12.4. The molecule has 0 heterocycles. The summed E-state index contributed by atoms with van der Waals surface area (Å²) in [5.41, 5.74) is 3.71. The van der Waals surface area contributed by atoms with E-state index in [2.05, 4.69) is 30.4 Å². The molecule has 0 aliphatic rings. The third-order valence-electron chi connectivity index (χ3n) is 3.27. The van der Waals surface area contributed by atoms with Crippen LogP contribution in [0, 0.1) is 12.7 Å². The highest BCUT2D eigenvalue weighted by Gasteiger charge is 2.11. The van der Waals surface area contributed by atoms with Gasteiger partial charge in [-0.05, 0) is 49.2 Å². The topological polar surface area (TPSA) is 12.0 Å². The van der Waals surface area contributed by atoms with Crippen LogP contribution in [0.1, 0.15) is 22.7 Å². The van der Waals surface area contributed by atoms with Gasteiger partial charge in [0.25, 0.3) is 0 Å². The van der Waals surface area contributed by atoms with Gasteiger partial charge in [0.2, 0.25) is 0 Å². The Morgan fingerprint density at radius 1 is 1.06 bits per heavy atom. The number of rotatable bonds is 4. The molecule has 0 spiro atoms. The number of benzene rings is 2. The van der Waals surface area contributed by atoms with Crippen LogP contribution >= 0.6 is 0 Å². The molecule has 1 unspecified atom stereocenters. The lowest BCUT2D eigenvalue weighted by Crippen LogP contribution is -2.19. The summed E-state index contributed by atoms with van der Waals surface area (Å²) in [6.45, 7) is 2.12. The molecule has 94 valence electrons. The molecule has 0 aliphatic carbocycles. The van der Waals surface area contributed by atoms with Crippen LogP contribution in [0.15, 0.2) is 48.5 Å². The smallest absolute Gasteiger partial charge is 0.123 e. The molecular formula is C16H18FN. The van der Waals surface area contributed by atoms with Crippen molar-refractivity contribution in [3.05, 3.63) is 71.0 Å². The van der Waals surface area contributed by atoms with Crippen LogP contribution in [0.4, 0.5) is 4.39 Å². The highest BCUT2D eigenvalue weighted by Crippen LogP contribution is 2.21. The molecule has 1 N–H and O–H groups in total. The van der Waals surface area contributed by atoms with Gasteiger partial charge in [-0.25, -0.2) is 4.39 Å². The molecule has 2 heteroatoms. The van der Waals surface area contributed by atoms with Crippen molar-refractivity contribution in [3.8, 4) is 0 Å². The standard InChI is InChI=1S/C16H18FN/c1-12-5-3-4-6-15(12)16(18-2)11-13-7-9-14(17)10-8-13/h3-10,16,18H,11H2,1-2H3. The maximum Gasteiger partial charge on any atom is 0.123 e. The molecule has 2 rings (SSSR count). The Bertz CT molecular complexity index is 505. The molecule has 2 aromatic carbocycles. The van der Waals surface area contributed by atoms with Gasteiger partial charge in [0.15, 0.2) is 0 Å². The predicted molar refractivity (Wildman–Crippen MR) is 73.1 cm³/mol. The molecule has 0 fully saturated rings. The first-order chi connectivity index (χ1) is 8.70. The predicted octanol–water partition coefficient (Wildman–Crippen LogP) is 3.64. The minimum atomic E-state index is -0.185. The SMILES string of the molecule is CNC(Cc1ccc(F)cc1)c1ccccc1C. The molecule has 0 bridgehead atoms. The summed E-state index contributed by atoms with van der Waals surface area (Å²) in [5, 5.41) is 3.33. The quantitative estimate of drug-likeness (QED) is 0.864. The Balaban J connectivity index is 2.20. The number of hydrogen-bond acceptors (Lipinski definition) is 1. The largest absolute Gasteiger partial charge is 0.313 e. The Hall–Kier alpha value is -1.67. The average Bonchev–Trinajstić information content (AvgIpc) is 2.39. The molecular weight excluding hydrogens is 225 g/mol. The summed E-state index contributed by atoms with van der Waals surface area (Å²) < 4.78 is 12.9. The van der Waals surface area contributed by atoms with Crippen LogP contribution in [0.25, 0.3) is 0 Å². The molecule has 2 aromatic rings. The second-order valence-electron chi connectivity index (χ2n) is 4.53. The molecule has 18 heavy (non-hydrogen) atoms. The Kier molecular flexibility index (Phi) is 4.11. The van der Waals surface area contributed by atoms with E-state index in [0.29, 0.717) is 0 Å². The highest BCUT2D eigenvalue weighted by molar-refractivity contribution is 5.30. The van der Waals surface area contributed by atoms with Crippen molar-refractivity contribution in [2.24, 2.45) is 0 Å². The number of nitrogens with one attached hydrogen (secondary N) is 1. The maximum absolute atomic E-state index is 12.9. The van der Waals surface area contributed by atoms with Crippen molar-refractivity contribution in [2.75, 3.05) is 7.05 Å². The van der Waals surface area contributed by atoms with Gasteiger partial charge in [-0.1, -0.05) is 36.4 Å². The number of hydrogen-bond donors (Lipinski definition) is 1. The van der Waals surface area contributed by atoms with Gasteiger partial charge in [0.1, 0.15) is 5.82 Å². The third-order valence-corrected chi connectivity index (χ3v) is 3.27. The van der Waals surface area contributed by atoms with Gasteiger partial charge < -0.3 is 5.32 Å². The molecule has 0 amide bonds. The minimum absolute atomic E-state index is 0.185. The first kappa shape index (κ1) is 12.8. The molecule has 1 atom stereocenters. The van der Waals surface area contributed by atoms with Crippen molar-refractivity contribution in [3.63, 3.8) is 0 Å². The summed E-state index contributed by atoms with van der Waals surface area (Å²) in [4.78, 5) is 0. The Morgan fingerprint density at radius 2 is 1.72 bits per heavy atom. The van der Waals surface area contributed by atoms with Crippen molar-refractivity contribution in [1.29, 1.82) is 0 Å². The zero-order valence-electron chi connectivity index (χ0n) is 10.8. The van der Waals surface area contributed by atoms with E-state index in [9.17, 15) is 4.39 Å². The lowest BCUT2D eigenvalue weighted by Gasteiger charge is -2.19. The summed E-state index contributed by atoms with van der Waals surface area (Å²) in [6, 6.07) is 15.3. The van der Waals surface area contributed by atoms with Crippen LogP contribution in [-0.2, 0) is 6.42 Å². The summed E-state index contributed by atoms with van der Waals surface area (Å²) >= 11 is 0. The van der Waals surface area contributed by atoms with Crippen molar-refractivity contribution in [1.82, 2.24) is 5.32 Å². The highest BCUT2D eigenvalue weighted by atomic mass is 19.1. The second kappa shape index (κ2) is 5.78. The molecule has 0 aliphatic heterocycles. The van der Waals surface area contributed by atoms with E-state index in [1.165, 1.54) is 23.3 Å². The molecule has 0 aromatic heterocycles. The van der Waals surface area contributed by atoms with Gasteiger partial charge in [-0.3, -0.25) is 0 Å². The molecule has 0 saturated heterocycles. The lowest BCUT2D eigenvalue weighted by molar-refractivity contribution is 0.586. The van der Waals surface area contributed by atoms with Crippen LogP contribution in [-0.4, -0.2) is 7.05 Å². The summed E-state index contributed by atoms with van der Waals surface area (Å²) in [6.07, 6.45) is 0.863. The van der Waals surface area contributed by atoms with Gasteiger partial charge in [-0.15, -0.1) is 0 Å². The monoisotopic (exact) mass is 243 g/mol. The molecule has 0 saturated carbocycles. The van der Waals surface area contributed by atoms with Gasteiger partial charge in [-0.2, -0.15) is 0 Å². The van der Waals surface area contributed by atoms with E-state index in [1.807, 2.05) is 25.2 Å². The fraction of sp³-hybridized carbons (Fsp3) is 0.250. The first-order valence-electron chi connectivity index (χ1n) is 6.18. The van der Waals surface area contributed by atoms with Crippen LogP contribution in [0.2, 0.25) is 0 Å². The van der Waals surface area contributed by atoms with Crippen molar-refractivity contribution < 1.29 is 4.39 Å². The van der Waals surface area contributed by atoms with Crippen molar-refractivity contribution >= 4 is 0 Å². The third kappa shape index (κ3) is 2.96. The average molecular weight is 243 g/mol. The summed E-state index contributed by atoms with van der Waals surface area (Å²) in [5.74, 6) is -0.185. The number of aryl methyl sites for hydroxylation is 1. The van der Waals surface area contributed by atoms with E-state index < -0.39 is 0 Å². The van der Waals surface area contributed by atoms with Crippen molar-refractivity contribution in [2.45, 2.75) is 19.4 Å². The van der Waals surface area contributed by atoms with Crippen LogP contribution in [0.5, 0.6) is 0 Å². The van der Waals surface area contributed by atoms with E-state index in [0.717, 1.165) is 12.0 Å². The van der Waals surface area contributed by atoms with Crippen LogP contribution in [0.3, 0.4) is 0 Å². The van der Waals surface area contributed by atoms with E-state index in [-0.39, 0.29) is 11.9 Å². The van der Waals surface area contributed by atoms with Gasteiger partial charge >= 0.3 is 0 Å². The van der Waals surface area contributed by atoms with Crippen LogP contribution < -0.4 is 5.32 Å². The fourth-order valence-electron chi connectivity index (χ4n) is 2.20. The van der Waals surface area contributed by atoms with E-state index in [1.54, 1.807) is 0 Å². The fourth-order valence-corrected chi connectivity index (χ4v) is 2.20. The van der Waals surface area contributed by atoms with E-state index >= 15 is 0 Å². The second-order valence-corrected chi connectivity index (χ2v) is 4.53. The Labute approximate surface area is 108 Å². The number of halogens is 1. The van der Waals surface area contributed by atoms with Gasteiger partial charge in [0.05, 0.1) is 0 Å². The summed E-state index contributed by atoms with van der Waals surface area (Å²) in [7, 11) is 1.96. The zero-order chi connectivity index (χ0) is 13.0. The first-order valence-corrected chi connectivity index (χ1v) is 6.18. The van der Waals surface area contributed by atoms with E-state index in [4.69, 9.17) is 0 Å². The van der Waals surface area contributed by atoms with Gasteiger partial charge in [0, 0.05) is 6.04 Å². The zero-order valence-corrected chi connectivity index (χ0v) is 10.8. The molecule has 0 radical (unpaired) electrons. The maximum atomic E-state index is 12.9. The molecule has 1 nitrogen and oxygen atoms in total. The minimum Gasteiger partial charge on any atom is -0.313 e. The lowest BCUT2D eigenvalue weighted by atomic mass is 9.95.